The lowest BCUT2D eigenvalue weighted by atomic mass is 9.87. The molecule has 0 bridgehead atoms. The van der Waals surface area contributed by atoms with Crippen LogP contribution in [0, 0.1) is 6.92 Å². The highest BCUT2D eigenvalue weighted by atomic mass is 16.4. The number of hydrogen-bond acceptors (Lipinski definition) is 5. The van der Waals surface area contributed by atoms with Crippen LogP contribution in [0.25, 0.3) is 11.0 Å². The Balaban J connectivity index is 1.63. The minimum absolute atomic E-state index is 0.0910. The first-order chi connectivity index (χ1) is 13.6. The average Bonchev–Trinajstić information content (AvgIpc) is 3.18. The molecule has 0 unspecified atom stereocenters. The number of aryl methyl sites for hydroxylation is 2. The van der Waals surface area contributed by atoms with Crippen LogP contribution >= 0.6 is 0 Å². The van der Waals surface area contributed by atoms with Gasteiger partial charge in [-0.3, -0.25) is 0 Å². The van der Waals surface area contributed by atoms with Crippen molar-refractivity contribution in [2.45, 2.75) is 45.1 Å². The SMILES string of the molecule is Cc1cc2oc(=O)c3c(c2c(O)c1C1=NN[C@@H](c2ccccc2)C1)CCCC3. The molecule has 0 spiro atoms. The molecule has 3 aromatic rings. The zero-order chi connectivity index (χ0) is 19.3. The molecule has 1 aliphatic heterocycles. The molecular weight excluding hydrogens is 352 g/mol. The molecular formula is C23H22N2O3. The summed E-state index contributed by atoms with van der Waals surface area (Å²) in [6.07, 6.45) is 4.22. The molecule has 1 atom stereocenters. The van der Waals surface area contributed by atoms with Gasteiger partial charge in [0.15, 0.2) is 0 Å². The van der Waals surface area contributed by atoms with Crippen molar-refractivity contribution in [2.24, 2.45) is 5.10 Å². The first-order valence-corrected chi connectivity index (χ1v) is 9.82. The van der Waals surface area contributed by atoms with Crippen LogP contribution < -0.4 is 11.1 Å². The second-order valence-electron chi connectivity index (χ2n) is 7.70. The Morgan fingerprint density at radius 1 is 1.14 bits per heavy atom. The summed E-state index contributed by atoms with van der Waals surface area (Å²) in [6.45, 7) is 1.92. The zero-order valence-electron chi connectivity index (χ0n) is 15.8. The minimum Gasteiger partial charge on any atom is -0.506 e. The van der Waals surface area contributed by atoms with Crippen LogP contribution in [0.5, 0.6) is 5.75 Å². The van der Waals surface area contributed by atoms with Gasteiger partial charge in [-0.1, -0.05) is 30.3 Å². The van der Waals surface area contributed by atoms with Crippen molar-refractivity contribution in [3.05, 3.63) is 74.6 Å². The van der Waals surface area contributed by atoms with Crippen molar-refractivity contribution < 1.29 is 9.52 Å². The number of phenolic OH excluding ortho intramolecular Hbond substituents is 1. The quantitative estimate of drug-likeness (QED) is 0.662. The molecule has 0 saturated carbocycles. The maximum atomic E-state index is 12.4. The van der Waals surface area contributed by atoms with E-state index in [2.05, 4.69) is 22.7 Å². The van der Waals surface area contributed by atoms with Crippen LogP contribution in [0.3, 0.4) is 0 Å². The highest BCUT2D eigenvalue weighted by molar-refractivity contribution is 6.09. The van der Waals surface area contributed by atoms with Crippen molar-refractivity contribution >= 4 is 16.7 Å². The molecule has 5 heteroatoms. The highest BCUT2D eigenvalue weighted by Gasteiger charge is 2.28. The lowest BCUT2D eigenvalue weighted by molar-refractivity contribution is 0.474. The predicted octanol–water partition coefficient (Wildman–Crippen LogP) is 4.12. The van der Waals surface area contributed by atoms with Gasteiger partial charge in [0.25, 0.3) is 0 Å². The average molecular weight is 374 g/mol. The van der Waals surface area contributed by atoms with Gasteiger partial charge < -0.3 is 14.9 Å². The third-order valence-corrected chi connectivity index (χ3v) is 5.92. The highest BCUT2D eigenvalue weighted by Crippen LogP contribution is 2.39. The molecule has 0 saturated heterocycles. The number of fused-ring (bicyclic) bond motifs is 3. The maximum absolute atomic E-state index is 12.4. The lowest BCUT2D eigenvalue weighted by Crippen LogP contribution is -2.16. The van der Waals surface area contributed by atoms with E-state index in [-0.39, 0.29) is 17.4 Å². The van der Waals surface area contributed by atoms with Gasteiger partial charge in [0, 0.05) is 17.5 Å². The second-order valence-corrected chi connectivity index (χ2v) is 7.70. The van der Waals surface area contributed by atoms with Gasteiger partial charge in [-0.25, -0.2) is 4.79 Å². The van der Waals surface area contributed by atoms with E-state index in [0.717, 1.165) is 53.6 Å². The lowest BCUT2D eigenvalue weighted by Gasteiger charge is -2.19. The van der Waals surface area contributed by atoms with Crippen LogP contribution in [-0.4, -0.2) is 10.8 Å². The van der Waals surface area contributed by atoms with Crippen LogP contribution in [-0.2, 0) is 12.8 Å². The zero-order valence-corrected chi connectivity index (χ0v) is 15.8. The third kappa shape index (κ3) is 2.61. The molecule has 0 amide bonds. The smallest absolute Gasteiger partial charge is 0.339 e. The number of phenols is 1. The molecule has 5 rings (SSSR count). The number of nitrogens with one attached hydrogen (secondary N) is 1. The van der Waals surface area contributed by atoms with E-state index in [0.29, 0.717) is 17.4 Å². The van der Waals surface area contributed by atoms with Gasteiger partial charge in [-0.15, -0.1) is 0 Å². The number of nitrogens with zero attached hydrogens (tertiary/aromatic N) is 1. The molecule has 1 aliphatic carbocycles. The summed E-state index contributed by atoms with van der Waals surface area (Å²) in [6, 6.07) is 12.1. The Bertz CT molecular complexity index is 1160. The fourth-order valence-electron chi connectivity index (χ4n) is 4.55. The van der Waals surface area contributed by atoms with Crippen LogP contribution in [0.15, 0.2) is 50.7 Å². The molecule has 5 nitrogen and oxygen atoms in total. The summed E-state index contributed by atoms with van der Waals surface area (Å²) in [5.74, 6) is 0.186. The molecule has 2 aliphatic rings. The Labute approximate surface area is 162 Å². The standard InChI is InChI=1S/C23H22N2O3/c1-13-11-19-21(15-9-5-6-10-16(15)23(27)28-19)22(26)20(13)18-12-17(24-25-18)14-7-3-2-4-8-14/h2-4,7-8,11,17,24,26H,5-6,9-10,12H2,1H3/t17-/m1/s1. The first kappa shape index (κ1) is 17.0. The third-order valence-electron chi connectivity index (χ3n) is 5.92. The Kier molecular flexibility index (Phi) is 3.97. The van der Waals surface area contributed by atoms with Gasteiger partial charge in [-0.2, -0.15) is 5.10 Å². The fraction of sp³-hybridized carbons (Fsp3) is 0.304. The van der Waals surface area contributed by atoms with E-state index in [1.54, 1.807) is 0 Å². The van der Waals surface area contributed by atoms with Gasteiger partial charge >= 0.3 is 5.63 Å². The fourth-order valence-corrected chi connectivity index (χ4v) is 4.55. The van der Waals surface area contributed by atoms with E-state index >= 15 is 0 Å². The topological polar surface area (TPSA) is 74.8 Å². The predicted molar refractivity (Wildman–Crippen MR) is 109 cm³/mol. The van der Waals surface area contributed by atoms with Crippen molar-refractivity contribution in [1.29, 1.82) is 0 Å². The molecule has 1 aromatic heterocycles. The summed E-state index contributed by atoms with van der Waals surface area (Å²) in [5, 5.41) is 16.4. The van der Waals surface area contributed by atoms with E-state index in [1.165, 1.54) is 5.56 Å². The number of aromatic hydroxyl groups is 1. The van der Waals surface area contributed by atoms with Gasteiger partial charge in [0.1, 0.15) is 11.3 Å². The second kappa shape index (κ2) is 6.51. The van der Waals surface area contributed by atoms with Crippen molar-refractivity contribution in [2.75, 3.05) is 0 Å². The van der Waals surface area contributed by atoms with Crippen LogP contribution in [0.2, 0.25) is 0 Å². The van der Waals surface area contributed by atoms with E-state index in [1.807, 2.05) is 31.2 Å². The molecule has 2 aromatic carbocycles. The Morgan fingerprint density at radius 3 is 2.68 bits per heavy atom. The van der Waals surface area contributed by atoms with Crippen molar-refractivity contribution in [3.8, 4) is 5.75 Å². The van der Waals surface area contributed by atoms with E-state index < -0.39 is 0 Å². The summed E-state index contributed by atoms with van der Waals surface area (Å²) in [4.78, 5) is 12.4. The van der Waals surface area contributed by atoms with Gasteiger partial charge in [0.2, 0.25) is 0 Å². The Morgan fingerprint density at radius 2 is 1.89 bits per heavy atom. The number of hydrazone groups is 1. The molecule has 142 valence electrons. The Hall–Kier alpha value is -3.08. The van der Waals surface area contributed by atoms with E-state index in [4.69, 9.17) is 4.42 Å². The normalized spacial score (nSPS) is 18.6. The number of rotatable bonds is 2. The summed E-state index contributed by atoms with van der Waals surface area (Å²) in [7, 11) is 0. The summed E-state index contributed by atoms with van der Waals surface area (Å²) in [5.41, 5.74) is 8.68. The van der Waals surface area contributed by atoms with Crippen molar-refractivity contribution in [3.63, 3.8) is 0 Å². The summed E-state index contributed by atoms with van der Waals surface area (Å²) < 4.78 is 5.56. The molecule has 0 fully saturated rings. The molecule has 2 heterocycles. The molecule has 2 N–H and O–H groups in total. The largest absolute Gasteiger partial charge is 0.506 e. The summed E-state index contributed by atoms with van der Waals surface area (Å²) >= 11 is 0. The van der Waals surface area contributed by atoms with Crippen LogP contribution in [0.1, 0.15) is 53.1 Å². The maximum Gasteiger partial charge on any atom is 0.339 e. The number of hydrogen-bond donors (Lipinski definition) is 2. The van der Waals surface area contributed by atoms with Crippen molar-refractivity contribution in [1.82, 2.24) is 5.43 Å². The van der Waals surface area contributed by atoms with Crippen LogP contribution in [0.4, 0.5) is 0 Å². The first-order valence-electron chi connectivity index (χ1n) is 9.82. The monoisotopic (exact) mass is 374 g/mol. The molecule has 0 radical (unpaired) electrons. The van der Waals surface area contributed by atoms with Gasteiger partial charge in [0.05, 0.1) is 17.1 Å². The number of benzene rings is 2. The molecule has 28 heavy (non-hydrogen) atoms. The minimum atomic E-state index is -0.266. The van der Waals surface area contributed by atoms with E-state index in [9.17, 15) is 9.90 Å². The van der Waals surface area contributed by atoms with Gasteiger partial charge in [-0.05, 0) is 55.4 Å².